The van der Waals surface area contributed by atoms with Crippen molar-refractivity contribution >= 4 is 0 Å². The summed E-state index contributed by atoms with van der Waals surface area (Å²) in [6, 6.07) is 19.1. The van der Waals surface area contributed by atoms with E-state index in [4.69, 9.17) is 0 Å². The standard InChI is InChI=1S/C19H20/c1-16(2)19-14-12-18(13-15-19)11-7-6-10-17-8-4-3-5-9-17/h3-5,8-9,12-16H,6,10H2,1-2H3. The Balaban J connectivity index is 1.90. The SMILES string of the molecule is CC(C)c1ccc(C#CCCc2ccccc2)cc1. The minimum absolute atomic E-state index is 0.583. The lowest BCUT2D eigenvalue weighted by molar-refractivity contribution is 0.866. The van der Waals surface area contributed by atoms with Gasteiger partial charge in [-0.3, -0.25) is 0 Å². The van der Waals surface area contributed by atoms with Crippen molar-refractivity contribution in [2.75, 3.05) is 0 Å². The molecule has 2 aromatic carbocycles. The van der Waals surface area contributed by atoms with Gasteiger partial charge in [0.05, 0.1) is 0 Å². The summed E-state index contributed by atoms with van der Waals surface area (Å²) in [5, 5.41) is 0. The van der Waals surface area contributed by atoms with Gasteiger partial charge in [0.1, 0.15) is 0 Å². The van der Waals surface area contributed by atoms with E-state index in [0.29, 0.717) is 5.92 Å². The smallest absolute Gasteiger partial charge is 0.0245 e. The molecule has 0 N–H and O–H groups in total. The van der Waals surface area contributed by atoms with Crippen LogP contribution in [0.1, 0.15) is 42.9 Å². The van der Waals surface area contributed by atoms with Crippen LogP contribution in [0.25, 0.3) is 0 Å². The van der Waals surface area contributed by atoms with Crippen LogP contribution in [0.15, 0.2) is 54.6 Å². The van der Waals surface area contributed by atoms with E-state index in [1.807, 2.05) is 6.07 Å². The average molecular weight is 248 g/mol. The van der Waals surface area contributed by atoms with Gasteiger partial charge >= 0.3 is 0 Å². The normalized spacial score (nSPS) is 10.1. The van der Waals surface area contributed by atoms with Crippen LogP contribution in [0.3, 0.4) is 0 Å². The lowest BCUT2D eigenvalue weighted by atomic mass is 10.0. The molecule has 0 fully saturated rings. The predicted molar refractivity (Wildman–Crippen MR) is 82.2 cm³/mol. The zero-order valence-electron chi connectivity index (χ0n) is 11.7. The maximum Gasteiger partial charge on any atom is 0.0245 e. The summed E-state index contributed by atoms with van der Waals surface area (Å²) in [5.74, 6) is 7.06. The number of rotatable bonds is 3. The average Bonchev–Trinajstić information content (AvgIpc) is 2.45. The summed E-state index contributed by atoms with van der Waals surface area (Å²) >= 11 is 0. The van der Waals surface area contributed by atoms with E-state index in [9.17, 15) is 0 Å². The molecular weight excluding hydrogens is 228 g/mol. The third-order valence-corrected chi connectivity index (χ3v) is 3.19. The summed E-state index contributed by atoms with van der Waals surface area (Å²) in [5.41, 5.74) is 3.83. The Kier molecular flexibility index (Phi) is 4.81. The summed E-state index contributed by atoms with van der Waals surface area (Å²) in [6.45, 7) is 4.42. The highest BCUT2D eigenvalue weighted by Gasteiger charge is 1.96. The molecule has 0 aliphatic heterocycles. The third-order valence-electron chi connectivity index (χ3n) is 3.19. The van der Waals surface area contributed by atoms with E-state index in [1.165, 1.54) is 11.1 Å². The van der Waals surface area contributed by atoms with Crippen molar-refractivity contribution in [2.45, 2.75) is 32.6 Å². The highest BCUT2D eigenvalue weighted by molar-refractivity contribution is 5.37. The molecule has 0 bridgehead atoms. The van der Waals surface area contributed by atoms with Crippen molar-refractivity contribution in [1.29, 1.82) is 0 Å². The van der Waals surface area contributed by atoms with Gasteiger partial charge in [-0.25, -0.2) is 0 Å². The first-order valence-corrected chi connectivity index (χ1v) is 6.88. The Bertz CT molecular complexity index is 550. The van der Waals surface area contributed by atoms with Gasteiger partial charge < -0.3 is 0 Å². The Morgan fingerprint density at radius 2 is 1.58 bits per heavy atom. The second-order valence-electron chi connectivity index (χ2n) is 5.06. The summed E-state index contributed by atoms with van der Waals surface area (Å²) < 4.78 is 0. The van der Waals surface area contributed by atoms with Crippen LogP contribution in [0.4, 0.5) is 0 Å². The topological polar surface area (TPSA) is 0 Å². The minimum atomic E-state index is 0.583. The lowest BCUT2D eigenvalue weighted by Crippen LogP contribution is -1.86. The van der Waals surface area contributed by atoms with Gasteiger partial charge in [-0.15, -0.1) is 0 Å². The van der Waals surface area contributed by atoms with Crippen molar-refractivity contribution in [2.24, 2.45) is 0 Å². The molecule has 96 valence electrons. The minimum Gasteiger partial charge on any atom is -0.0975 e. The Hall–Kier alpha value is -2.00. The molecule has 0 amide bonds. The molecule has 19 heavy (non-hydrogen) atoms. The quantitative estimate of drug-likeness (QED) is 0.685. The van der Waals surface area contributed by atoms with Crippen molar-refractivity contribution in [3.63, 3.8) is 0 Å². The van der Waals surface area contributed by atoms with Gasteiger partial charge in [0.25, 0.3) is 0 Å². The van der Waals surface area contributed by atoms with Crippen LogP contribution in [-0.4, -0.2) is 0 Å². The molecule has 0 saturated carbocycles. The van der Waals surface area contributed by atoms with Crippen LogP contribution >= 0.6 is 0 Å². The number of hydrogen-bond acceptors (Lipinski definition) is 0. The zero-order valence-corrected chi connectivity index (χ0v) is 11.7. The fraction of sp³-hybridized carbons (Fsp3) is 0.263. The first-order valence-electron chi connectivity index (χ1n) is 6.88. The zero-order chi connectivity index (χ0) is 13.5. The predicted octanol–water partition coefficient (Wildman–Crippen LogP) is 4.79. The first-order chi connectivity index (χ1) is 9.25. The van der Waals surface area contributed by atoms with Gasteiger partial charge in [-0.2, -0.15) is 0 Å². The number of benzene rings is 2. The monoisotopic (exact) mass is 248 g/mol. The van der Waals surface area contributed by atoms with Gasteiger partial charge in [-0.1, -0.05) is 68.2 Å². The van der Waals surface area contributed by atoms with Crippen LogP contribution < -0.4 is 0 Å². The van der Waals surface area contributed by atoms with Gasteiger partial charge in [-0.05, 0) is 35.6 Å². The number of aryl methyl sites for hydroxylation is 1. The first kappa shape index (κ1) is 13.4. The van der Waals surface area contributed by atoms with E-state index in [-0.39, 0.29) is 0 Å². The van der Waals surface area contributed by atoms with Crippen molar-refractivity contribution in [1.82, 2.24) is 0 Å². The van der Waals surface area contributed by atoms with Crippen LogP contribution in [0.5, 0.6) is 0 Å². The maximum atomic E-state index is 3.25. The Morgan fingerprint density at radius 1 is 0.895 bits per heavy atom. The molecule has 0 radical (unpaired) electrons. The molecule has 2 aromatic rings. The molecule has 0 heteroatoms. The van der Waals surface area contributed by atoms with Crippen molar-refractivity contribution in [3.05, 3.63) is 71.3 Å². The summed E-state index contributed by atoms with van der Waals surface area (Å²) in [4.78, 5) is 0. The number of hydrogen-bond donors (Lipinski definition) is 0. The molecule has 0 aromatic heterocycles. The van der Waals surface area contributed by atoms with E-state index >= 15 is 0 Å². The third kappa shape index (κ3) is 4.30. The Morgan fingerprint density at radius 3 is 2.21 bits per heavy atom. The summed E-state index contributed by atoms with van der Waals surface area (Å²) in [7, 11) is 0. The van der Waals surface area contributed by atoms with Gasteiger partial charge in [0, 0.05) is 12.0 Å². The van der Waals surface area contributed by atoms with E-state index in [2.05, 4.69) is 74.2 Å². The summed E-state index contributed by atoms with van der Waals surface area (Å²) in [6.07, 6.45) is 1.94. The molecule has 0 spiro atoms. The van der Waals surface area contributed by atoms with Crippen molar-refractivity contribution in [3.8, 4) is 11.8 Å². The fourth-order valence-corrected chi connectivity index (χ4v) is 1.97. The molecule has 0 aliphatic carbocycles. The van der Waals surface area contributed by atoms with Crippen LogP contribution in [0.2, 0.25) is 0 Å². The van der Waals surface area contributed by atoms with E-state index in [0.717, 1.165) is 18.4 Å². The second kappa shape index (κ2) is 6.81. The van der Waals surface area contributed by atoms with Crippen molar-refractivity contribution < 1.29 is 0 Å². The fourth-order valence-electron chi connectivity index (χ4n) is 1.97. The molecule has 2 rings (SSSR count). The molecule has 0 unspecified atom stereocenters. The second-order valence-corrected chi connectivity index (χ2v) is 5.06. The van der Waals surface area contributed by atoms with Crippen LogP contribution in [-0.2, 0) is 6.42 Å². The van der Waals surface area contributed by atoms with Gasteiger partial charge in [0.2, 0.25) is 0 Å². The van der Waals surface area contributed by atoms with E-state index < -0.39 is 0 Å². The largest absolute Gasteiger partial charge is 0.0975 e. The molecule has 0 aliphatic rings. The molecule has 0 saturated heterocycles. The molecular formula is C19H20. The van der Waals surface area contributed by atoms with E-state index in [1.54, 1.807) is 0 Å². The highest BCUT2D eigenvalue weighted by Crippen LogP contribution is 2.14. The van der Waals surface area contributed by atoms with Gasteiger partial charge in [0.15, 0.2) is 0 Å². The highest BCUT2D eigenvalue weighted by atomic mass is 14.0. The molecule has 0 heterocycles. The Labute approximate surface area is 116 Å². The maximum absolute atomic E-state index is 3.25. The van der Waals surface area contributed by atoms with Crippen LogP contribution in [0, 0.1) is 11.8 Å². The molecule has 0 atom stereocenters. The lowest BCUT2D eigenvalue weighted by Gasteiger charge is -2.03. The molecule has 0 nitrogen and oxygen atoms in total.